The van der Waals surface area contributed by atoms with Gasteiger partial charge in [-0.15, -0.1) is 0 Å². The van der Waals surface area contributed by atoms with Gasteiger partial charge in [0.05, 0.1) is 24.3 Å². The standard InChI is InChI=1S/C17H21FN2O2/c18-14-4-3-12(9-19)13(8-14)10-20-6-1-2-16(20)15-11-22-7-5-17(15)21/h3-4,8,15-17,21H,1-2,5-7,10-11H2/t15-,16+,17-/m0/s1. The minimum atomic E-state index is -0.331. The molecule has 1 N–H and O–H groups in total. The molecule has 0 spiro atoms. The maximum Gasteiger partial charge on any atom is 0.123 e. The number of nitrogens with zero attached hydrogens (tertiary/aromatic N) is 2. The molecular weight excluding hydrogens is 283 g/mol. The average Bonchev–Trinajstić information content (AvgIpc) is 2.96. The van der Waals surface area contributed by atoms with Gasteiger partial charge in [0, 0.05) is 25.1 Å². The normalized spacial score (nSPS) is 29.4. The van der Waals surface area contributed by atoms with Crippen molar-refractivity contribution in [3.8, 4) is 6.07 Å². The molecule has 3 rings (SSSR count). The van der Waals surface area contributed by atoms with Crippen LogP contribution in [0.25, 0.3) is 0 Å². The van der Waals surface area contributed by atoms with Crippen molar-refractivity contribution in [2.75, 3.05) is 19.8 Å². The smallest absolute Gasteiger partial charge is 0.123 e. The van der Waals surface area contributed by atoms with Crippen LogP contribution in [0.3, 0.4) is 0 Å². The summed E-state index contributed by atoms with van der Waals surface area (Å²) in [6, 6.07) is 6.68. The highest BCUT2D eigenvalue weighted by molar-refractivity contribution is 5.37. The molecule has 2 saturated heterocycles. The lowest BCUT2D eigenvalue weighted by Gasteiger charge is -2.37. The lowest BCUT2D eigenvalue weighted by atomic mass is 9.89. The van der Waals surface area contributed by atoms with Crippen LogP contribution in [0.15, 0.2) is 18.2 Å². The zero-order valence-electron chi connectivity index (χ0n) is 12.5. The SMILES string of the molecule is N#Cc1ccc(F)cc1CN1CCC[C@@H]1[C@@H]1COCC[C@@H]1O. The largest absolute Gasteiger partial charge is 0.393 e. The van der Waals surface area contributed by atoms with Crippen LogP contribution in [0.2, 0.25) is 0 Å². The van der Waals surface area contributed by atoms with Crippen LogP contribution >= 0.6 is 0 Å². The van der Waals surface area contributed by atoms with Gasteiger partial charge < -0.3 is 9.84 Å². The van der Waals surface area contributed by atoms with Gasteiger partial charge in [0.2, 0.25) is 0 Å². The van der Waals surface area contributed by atoms with Gasteiger partial charge >= 0.3 is 0 Å². The first-order chi connectivity index (χ1) is 10.7. The third-order valence-corrected chi connectivity index (χ3v) is 4.83. The summed E-state index contributed by atoms with van der Waals surface area (Å²) in [5.74, 6) is -0.207. The van der Waals surface area contributed by atoms with Crippen molar-refractivity contribution < 1.29 is 14.2 Å². The van der Waals surface area contributed by atoms with Crippen LogP contribution in [0.5, 0.6) is 0 Å². The number of ether oxygens (including phenoxy) is 1. The van der Waals surface area contributed by atoms with Crippen LogP contribution in [0.1, 0.15) is 30.4 Å². The Balaban J connectivity index is 1.76. The Morgan fingerprint density at radius 2 is 2.27 bits per heavy atom. The van der Waals surface area contributed by atoms with E-state index in [-0.39, 0.29) is 23.9 Å². The predicted octanol–water partition coefficient (Wildman–Crippen LogP) is 2.06. The van der Waals surface area contributed by atoms with Crippen LogP contribution in [-0.2, 0) is 11.3 Å². The molecule has 22 heavy (non-hydrogen) atoms. The third kappa shape index (κ3) is 3.14. The fourth-order valence-electron chi connectivity index (χ4n) is 3.67. The minimum absolute atomic E-state index is 0.107. The number of aliphatic hydroxyl groups excluding tert-OH is 1. The van der Waals surface area contributed by atoms with E-state index in [9.17, 15) is 14.8 Å². The molecule has 2 fully saturated rings. The fourth-order valence-corrected chi connectivity index (χ4v) is 3.67. The Kier molecular flexibility index (Phi) is 4.72. The monoisotopic (exact) mass is 304 g/mol. The number of aliphatic hydroxyl groups is 1. The summed E-state index contributed by atoms with van der Waals surface area (Å²) in [7, 11) is 0. The molecule has 2 aliphatic heterocycles. The molecule has 0 unspecified atom stereocenters. The second-order valence-electron chi connectivity index (χ2n) is 6.19. The topological polar surface area (TPSA) is 56.5 Å². The lowest BCUT2D eigenvalue weighted by molar-refractivity contribution is -0.0636. The summed E-state index contributed by atoms with van der Waals surface area (Å²) in [4.78, 5) is 2.26. The first kappa shape index (κ1) is 15.4. The van der Waals surface area contributed by atoms with Crippen LogP contribution in [0.4, 0.5) is 4.39 Å². The quantitative estimate of drug-likeness (QED) is 0.928. The van der Waals surface area contributed by atoms with Crippen molar-refractivity contribution in [2.45, 2.75) is 38.0 Å². The summed E-state index contributed by atoms with van der Waals surface area (Å²) in [5, 5.41) is 19.4. The number of rotatable bonds is 3. The summed E-state index contributed by atoms with van der Waals surface area (Å²) in [6.07, 6.45) is 2.42. The minimum Gasteiger partial charge on any atom is -0.393 e. The highest BCUT2D eigenvalue weighted by Crippen LogP contribution is 2.31. The molecule has 0 radical (unpaired) electrons. The van der Waals surface area contributed by atoms with Crippen molar-refractivity contribution in [1.82, 2.24) is 4.90 Å². The summed E-state index contributed by atoms with van der Waals surface area (Å²) < 4.78 is 19.0. The molecule has 0 bridgehead atoms. The number of hydrogen-bond acceptors (Lipinski definition) is 4. The van der Waals surface area contributed by atoms with Crippen LogP contribution < -0.4 is 0 Å². The zero-order chi connectivity index (χ0) is 15.5. The first-order valence-corrected chi connectivity index (χ1v) is 7.87. The van der Waals surface area contributed by atoms with Gasteiger partial charge in [-0.05, 0) is 49.6 Å². The van der Waals surface area contributed by atoms with E-state index in [4.69, 9.17) is 4.74 Å². The van der Waals surface area contributed by atoms with Crippen molar-refractivity contribution in [3.63, 3.8) is 0 Å². The molecule has 2 aliphatic rings. The first-order valence-electron chi connectivity index (χ1n) is 7.87. The Morgan fingerprint density at radius 1 is 1.41 bits per heavy atom. The second-order valence-corrected chi connectivity index (χ2v) is 6.19. The molecule has 0 aliphatic carbocycles. The number of nitriles is 1. The van der Waals surface area contributed by atoms with Crippen molar-refractivity contribution in [3.05, 3.63) is 35.1 Å². The van der Waals surface area contributed by atoms with E-state index in [1.54, 1.807) is 0 Å². The molecule has 1 aromatic rings. The molecule has 1 aromatic carbocycles. The van der Waals surface area contributed by atoms with Crippen LogP contribution in [0, 0.1) is 23.1 Å². The lowest BCUT2D eigenvalue weighted by Crippen LogP contribution is -2.45. The highest BCUT2D eigenvalue weighted by Gasteiger charge is 2.37. The van der Waals surface area contributed by atoms with E-state index in [1.807, 2.05) is 0 Å². The van der Waals surface area contributed by atoms with Gasteiger partial charge in [0.25, 0.3) is 0 Å². The molecule has 118 valence electrons. The van der Waals surface area contributed by atoms with Gasteiger partial charge in [-0.2, -0.15) is 5.26 Å². The van der Waals surface area contributed by atoms with Crippen molar-refractivity contribution >= 4 is 0 Å². The fraction of sp³-hybridized carbons (Fsp3) is 0.588. The Bertz CT molecular complexity index is 572. The number of hydrogen-bond donors (Lipinski definition) is 1. The number of likely N-dealkylation sites (tertiary alicyclic amines) is 1. The molecule has 2 heterocycles. The van der Waals surface area contributed by atoms with Crippen molar-refractivity contribution in [2.24, 2.45) is 5.92 Å². The number of halogens is 1. The highest BCUT2D eigenvalue weighted by atomic mass is 19.1. The van der Waals surface area contributed by atoms with Crippen LogP contribution in [-0.4, -0.2) is 41.9 Å². The van der Waals surface area contributed by atoms with Gasteiger partial charge in [0.1, 0.15) is 5.82 Å². The van der Waals surface area contributed by atoms with Crippen molar-refractivity contribution in [1.29, 1.82) is 5.26 Å². The molecule has 0 amide bonds. The maximum absolute atomic E-state index is 13.5. The summed E-state index contributed by atoms with van der Waals surface area (Å²) in [6.45, 7) is 2.66. The molecule has 0 aromatic heterocycles. The van der Waals surface area contributed by atoms with E-state index in [2.05, 4.69) is 11.0 Å². The van der Waals surface area contributed by atoms with Gasteiger partial charge in [0.15, 0.2) is 0 Å². The zero-order valence-corrected chi connectivity index (χ0v) is 12.5. The molecule has 0 saturated carbocycles. The van der Waals surface area contributed by atoms with Gasteiger partial charge in [-0.3, -0.25) is 4.90 Å². The van der Waals surface area contributed by atoms with Gasteiger partial charge in [-0.1, -0.05) is 0 Å². The Morgan fingerprint density at radius 3 is 3.05 bits per heavy atom. The summed E-state index contributed by atoms with van der Waals surface area (Å²) >= 11 is 0. The van der Waals surface area contributed by atoms with E-state index in [0.29, 0.717) is 31.7 Å². The van der Waals surface area contributed by atoms with E-state index in [0.717, 1.165) is 24.9 Å². The third-order valence-electron chi connectivity index (χ3n) is 4.83. The average molecular weight is 304 g/mol. The van der Waals surface area contributed by atoms with E-state index >= 15 is 0 Å². The second kappa shape index (κ2) is 6.74. The Hall–Kier alpha value is -1.48. The number of benzene rings is 1. The molecule has 4 nitrogen and oxygen atoms in total. The Labute approximate surface area is 130 Å². The predicted molar refractivity (Wildman–Crippen MR) is 79.5 cm³/mol. The molecule has 5 heteroatoms. The molecule has 3 atom stereocenters. The summed E-state index contributed by atoms with van der Waals surface area (Å²) in [5.41, 5.74) is 1.24. The van der Waals surface area contributed by atoms with E-state index in [1.165, 1.54) is 18.2 Å². The molecular formula is C17H21FN2O2. The van der Waals surface area contributed by atoms with E-state index < -0.39 is 0 Å². The van der Waals surface area contributed by atoms with Gasteiger partial charge in [-0.25, -0.2) is 4.39 Å². The maximum atomic E-state index is 13.5.